The predicted molar refractivity (Wildman–Crippen MR) is 95.9 cm³/mol. The van der Waals surface area contributed by atoms with E-state index in [0.717, 1.165) is 10.8 Å². The highest BCUT2D eigenvalue weighted by Crippen LogP contribution is 2.19. The van der Waals surface area contributed by atoms with E-state index >= 15 is 0 Å². The molecule has 1 N–H and O–H groups in total. The molecule has 126 valence electrons. The number of hydrogen-bond acceptors (Lipinski definition) is 4. The number of benzene rings is 3. The van der Waals surface area contributed by atoms with Gasteiger partial charge < -0.3 is 14.8 Å². The van der Waals surface area contributed by atoms with Crippen molar-refractivity contribution in [3.05, 3.63) is 72.3 Å². The Morgan fingerprint density at radius 2 is 1.64 bits per heavy atom. The molecule has 3 rings (SSSR count). The summed E-state index contributed by atoms with van der Waals surface area (Å²) in [6.45, 7) is -0.121. The lowest BCUT2D eigenvalue weighted by Gasteiger charge is -2.09. The zero-order valence-electron chi connectivity index (χ0n) is 13.7. The molecule has 3 aromatic carbocycles. The topological polar surface area (TPSA) is 64.6 Å². The molecule has 0 heterocycles. The van der Waals surface area contributed by atoms with Crippen molar-refractivity contribution in [2.75, 3.05) is 19.0 Å². The molecule has 0 aliphatic heterocycles. The second-order valence-electron chi connectivity index (χ2n) is 5.41. The number of rotatable bonds is 5. The monoisotopic (exact) mass is 335 g/mol. The molecule has 0 saturated carbocycles. The van der Waals surface area contributed by atoms with E-state index < -0.39 is 5.97 Å². The largest absolute Gasteiger partial charge is 0.484 e. The van der Waals surface area contributed by atoms with Gasteiger partial charge in [-0.05, 0) is 47.2 Å². The van der Waals surface area contributed by atoms with Crippen LogP contribution in [0.15, 0.2) is 66.7 Å². The molecule has 5 nitrogen and oxygen atoms in total. The maximum absolute atomic E-state index is 12.0. The number of carbonyl (C=O) groups is 2. The molecular formula is C20H17NO4. The summed E-state index contributed by atoms with van der Waals surface area (Å²) in [6, 6.07) is 20.1. The Bertz CT molecular complexity index is 903. The summed E-state index contributed by atoms with van der Waals surface area (Å²) in [6.07, 6.45) is 0. The third-order valence-electron chi connectivity index (χ3n) is 3.68. The number of anilines is 1. The van der Waals surface area contributed by atoms with Gasteiger partial charge in [-0.25, -0.2) is 4.79 Å². The fourth-order valence-electron chi connectivity index (χ4n) is 2.42. The lowest BCUT2D eigenvalue weighted by atomic mass is 10.1. The van der Waals surface area contributed by atoms with E-state index in [1.165, 1.54) is 7.11 Å². The number of nitrogens with one attached hydrogen (secondary N) is 1. The van der Waals surface area contributed by atoms with Crippen molar-refractivity contribution in [1.82, 2.24) is 0 Å². The van der Waals surface area contributed by atoms with Crippen molar-refractivity contribution in [3.63, 3.8) is 0 Å². The summed E-state index contributed by atoms with van der Waals surface area (Å²) in [5, 5.41) is 4.97. The van der Waals surface area contributed by atoms with Crippen LogP contribution in [0.25, 0.3) is 10.8 Å². The molecular weight excluding hydrogens is 318 g/mol. The van der Waals surface area contributed by atoms with Crippen LogP contribution in [-0.4, -0.2) is 25.6 Å². The maximum Gasteiger partial charge on any atom is 0.337 e. The minimum absolute atomic E-state index is 0.121. The Morgan fingerprint density at radius 1 is 0.920 bits per heavy atom. The zero-order valence-corrected chi connectivity index (χ0v) is 13.7. The van der Waals surface area contributed by atoms with Crippen LogP contribution in [0.4, 0.5) is 5.69 Å². The van der Waals surface area contributed by atoms with Gasteiger partial charge in [-0.15, -0.1) is 0 Å². The highest BCUT2D eigenvalue weighted by molar-refractivity contribution is 5.95. The van der Waals surface area contributed by atoms with Gasteiger partial charge in [0.2, 0.25) is 0 Å². The molecule has 0 saturated heterocycles. The molecule has 0 aliphatic carbocycles. The normalized spacial score (nSPS) is 10.3. The molecule has 0 fully saturated rings. The smallest absolute Gasteiger partial charge is 0.337 e. The van der Waals surface area contributed by atoms with E-state index in [0.29, 0.717) is 17.0 Å². The van der Waals surface area contributed by atoms with E-state index in [9.17, 15) is 9.59 Å². The highest BCUT2D eigenvalue weighted by Gasteiger charge is 2.07. The molecule has 0 unspecified atom stereocenters. The number of amides is 1. The van der Waals surface area contributed by atoms with Gasteiger partial charge in [0, 0.05) is 5.69 Å². The third kappa shape index (κ3) is 4.14. The number of fused-ring (bicyclic) bond motifs is 1. The molecule has 0 atom stereocenters. The number of ether oxygens (including phenoxy) is 2. The van der Waals surface area contributed by atoms with Crippen molar-refractivity contribution in [2.24, 2.45) is 0 Å². The van der Waals surface area contributed by atoms with Gasteiger partial charge in [-0.3, -0.25) is 4.79 Å². The van der Waals surface area contributed by atoms with E-state index in [-0.39, 0.29) is 12.5 Å². The van der Waals surface area contributed by atoms with Gasteiger partial charge in [0.1, 0.15) is 5.75 Å². The van der Waals surface area contributed by atoms with Crippen LogP contribution in [0.2, 0.25) is 0 Å². The molecule has 25 heavy (non-hydrogen) atoms. The Balaban J connectivity index is 1.57. The summed E-state index contributed by atoms with van der Waals surface area (Å²) >= 11 is 0. The predicted octanol–water partition coefficient (Wildman–Crippen LogP) is 3.64. The first-order valence-corrected chi connectivity index (χ1v) is 7.75. The van der Waals surface area contributed by atoms with Crippen molar-refractivity contribution >= 4 is 28.3 Å². The van der Waals surface area contributed by atoms with Crippen LogP contribution < -0.4 is 10.1 Å². The number of esters is 1. The second-order valence-corrected chi connectivity index (χ2v) is 5.41. The number of carbonyl (C=O) groups excluding carboxylic acids is 2. The van der Waals surface area contributed by atoms with Crippen LogP contribution in [0.5, 0.6) is 5.75 Å². The third-order valence-corrected chi connectivity index (χ3v) is 3.68. The fourth-order valence-corrected chi connectivity index (χ4v) is 2.42. The summed E-state index contributed by atoms with van der Waals surface area (Å²) in [5.41, 5.74) is 1.14. The summed E-state index contributed by atoms with van der Waals surface area (Å²) < 4.78 is 10.1. The molecule has 0 aromatic heterocycles. The van der Waals surface area contributed by atoms with E-state index in [2.05, 4.69) is 10.1 Å². The van der Waals surface area contributed by atoms with Crippen molar-refractivity contribution in [2.45, 2.75) is 0 Å². The van der Waals surface area contributed by atoms with E-state index in [1.807, 2.05) is 42.5 Å². The second kappa shape index (κ2) is 7.49. The standard InChI is InChI=1S/C20H17NO4/c1-24-20(23)15-7-10-18(11-8-15)25-13-19(22)21-17-9-6-14-4-2-3-5-16(14)12-17/h2-12H,13H2,1H3,(H,21,22). The minimum Gasteiger partial charge on any atom is -0.484 e. The van der Waals surface area contributed by atoms with E-state index in [4.69, 9.17) is 4.74 Å². The molecule has 0 aliphatic rings. The molecule has 1 amide bonds. The fraction of sp³-hybridized carbons (Fsp3) is 0.100. The van der Waals surface area contributed by atoms with Gasteiger partial charge in [0.05, 0.1) is 12.7 Å². The number of methoxy groups -OCH3 is 1. The Morgan fingerprint density at radius 3 is 2.36 bits per heavy atom. The zero-order chi connectivity index (χ0) is 17.6. The van der Waals surface area contributed by atoms with Crippen molar-refractivity contribution in [1.29, 1.82) is 0 Å². The first-order valence-electron chi connectivity index (χ1n) is 7.75. The van der Waals surface area contributed by atoms with Crippen LogP contribution in [-0.2, 0) is 9.53 Å². The summed E-state index contributed by atoms with van der Waals surface area (Å²) in [5.74, 6) is -0.172. The van der Waals surface area contributed by atoms with Crippen LogP contribution in [0.1, 0.15) is 10.4 Å². The van der Waals surface area contributed by atoms with Gasteiger partial charge in [0.15, 0.2) is 6.61 Å². The SMILES string of the molecule is COC(=O)c1ccc(OCC(=O)Nc2ccc3ccccc3c2)cc1. The lowest BCUT2D eigenvalue weighted by Crippen LogP contribution is -2.20. The highest BCUT2D eigenvalue weighted by atomic mass is 16.5. The summed E-state index contributed by atoms with van der Waals surface area (Å²) in [7, 11) is 1.32. The Kier molecular flexibility index (Phi) is 4.95. The Labute approximate surface area is 145 Å². The Hall–Kier alpha value is -3.34. The van der Waals surface area contributed by atoms with Crippen LogP contribution >= 0.6 is 0 Å². The maximum atomic E-state index is 12.0. The molecule has 5 heteroatoms. The minimum atomic E-state index is -0.416. The van der Waals surface area contributed by atoms with Crippen molar-refractivity contribution in [3.8, 4) is 5.75 Å². The van der Waals surface area contributed by atoms with E-state index in [1.54, 1.807) is 24.3 Å². The quantitative estimate of drug-likeness (QED) is 0.723. The van der Waals surface area contributed by atoms with Crippen molar-refractivity contribution < 1.29 is 19.1 Å². The summed E-state index contributed by atoms with van der Waals surface area (Å²) in [4.78, 5) is 23.4. The first-order chi connectivity index (χ1) is 12.2. The lowest BCUT2D eigenvalue weighted by molar-refractivity contribution is -0.118. The molecule has 0 bridgehead atoms. The average Bonchev–Trinajstić information content (AvgIpc) is 2.66. The molecule has 0 spiro atoms. The average molecular weight is 335 g/mol. The van der Waals surface area contributed by atoms with Crippen LogP contribution in [0, 0.1) is 0 Å². The first kappa shape index (κ1) is 16.5. The van der Waals surface area contributed by atoms with Gasteiger partial charge in [0.25, 0.3) is 5.91 Å². The van der Waals surface area contributed by atoms with Gasteiger partial charge in [-0.2, -0.15) is 0 Å². The molecule has 3 aromatic rings. The molecule has 0 radical (unpaired) electrons. The number of hydrogen-bond donors (Lipinski definition) is 1. The van der Waals surface area contributed by atoms with Gasteiger partial charge >= 0.3 is 5.97 Å². The van der Waals surface area contributed by atoms with Crippen LogP contribution in [0.3, 0.4) is 0 Å². The van der Waals surface area contributed by atoms with Gasteiger partial charge in [-0.1, -0.05) is 30.3 Å².